The smallest absolute Gasteiger partial charge is 0.237 e. The Labute approximate surface area is 94.4 Å². The predicted octanol–water partition coefficient (Wildman–Crippen LogP) is 1.97. The highest BCUT2D eigenvalue weighted by Gasteiger charge is 2.20. The van der Waals surface area contributed by atoms with Crippen LogP contribution in [0.5, 0.6) is 0 Å². The molecule has 0 radical (unpaired) electrons. The van der Waals surface area contributed by atoms with Crippen molar-refractivity contribution < 1.29 is 4.79 Å². The molecule has 1 amide bonds. The molecule has 0 aromatic heterocycles. The van der Waals surface area contributed by atoms with E-state index in [2.05, 4.69) is 46.4 Å². The molecule has 0 fully saturated rings. The van der Waals surface area contributed by atoms with Crippen molar-refractivity contribution in [1.29, 1.82) is 0 Å². The molecular formula is C12H26N2O. The van der Waals surface area contributed by atoms with Gasteiger partial charge in [-0.1, -0.05) is 13.8 Å². The molecule has 3 heteroatoms. The van der Waals surface area contributed by atoms with Crippen molar-refractivity contribution in [3.8, 4) is 0 Å². The Morgan fingerprint density at radius 1 is 1.00 bits per heavy atom. The summed E-state index contributed by atoms with van der Waals surface area (Å²) >= 11 is 0. The first-order valence-electron chi connectivity index (χ1n) is 5.97. The largest absolute Gasteiger partial charge is 0.337 e. The monoisotopic (exact) mass is 214 g/mol. The second kappa shape index (κ2) is 6.83. The molecule has 15 heavy (non-hydrogen) atoms. The number of rotatable bonds is 6. The van der Waals surface area contributed by atoms with E-state index in [9.17, 15) is 4.79 Å². The molecule has 0 N–H and O–H groups in total. The molecule has 0 rings (SSSR count). The maximum atomic E-state index is 12.0. The lowest BCUT2D eigenvalue weighted by Crippen LogP contribution is -2.47. The molecule has 0 unspecified atom stereocenters. The van der Waals surface area contributed by atoms with Crippen LogP contribution in [0.15, 0.2) is 0 Å². The number of amides is 1. The molecule has 0 aromatic rings. The van der Waals surface area contributed by atoms with Crippen molar-refractivity contribution in [2.24, 2.45) is 0 Å². The molecule has 90 valence electrons. The minimum Gasteiger partial charge on any atom is -0.337 e. The Morgan fingerprint density at radius 3 is 1.67 bits per heavy atom. The van der Waals surface area contributed by atoms with Crippen LogP contribution in [0.25, 0.3) is 0 Å². The number of likely N-dealkylation sites (N-methyl/N-ethyl adjacent to an activating group) is 1. The van der Waals surface area contributed by atoms with E-state index < -0.39 is 0 Å². The van der Waals surface area contributed by atoms with E-state index in [4.69, 9.17) is 0 Å². The average Bonchev–Trinajstić information content (AvgIpc) is 2.12. The number of carbonyl (C=O) groups is 1. The molecule has 0 atom stereocenters. The van der Waals surface area contributed by atoms with Crippen molar-refractivity contribution in [1.82, 2.24) is 9.80 Å². The summed E-state index contributed by atoms with van der Waals surface area (Å²) in [7, 11) is 0. The van der Waals surface area contributed by atoms with E-state index in [0.29, 0.717) is 6.54 Å². The molecular weight excluding hydrogens is 188 g/mol. The Kier molecular flexibility index (Phi) is 6.57. The lowest BCUT2D eigenvalue weighted by Gasteiger charge is -2.32. The summed E-state index contributed by atoms with van der Waals surface area (Å²) < 4.78 is 0. The first kappa shape index (κ1) is 14.4. The SMILES string of the molecule is CCN(CC)CC(=O)N(C(C)C)C(C)C. The van der Waals surface area contributed by atoms with E-state index in [0.717, 1.165) is 13.1 Å². The van der Waals surface area contributed by atoms with Gasteiger partial charge in [-0.15, -0.1) is 0 Å². The van der Waals surface area contributed by atoms with Gasteiger partial charge in [-0.3, -0.25) is 9.69 Å². The van der Waals surface area contributed by atoms with Crippen LogP contribution in [0, 0.1) is 0 Å². The third kappa shape index (κ3) is 4.65. The quantitative estimate of drug-likeness (QED) is 0.675. The highest BCUT2D eigenvalue weighted by Crippen LogP contribution is 2.06. The fraction of sp³-hybridized carbons (Fsp3) is 0.917. The summed E-state index contributed by atoms with van der Waals surface area (Å²) in [4.78, 5) is 16.1. The topological polar surface area (TPSA) is 23.6 Å². The van der Waals surface area contributed by atoms with Crippen LogP contribution < -0.4 is 0 Å². The van der Waals surface area contributed by atoms with E-state index >= 15 is 0 Å². The summed E-state index contributed by atoms with van der Waals surface area (Å²) in [5, 5.41) is 0. The van der Waals surface area contributed by atoms with Crippen LogP contribution >= 0.6 is 0 Å². The molecule has 0 bridgehead atoms. The van der Waals surface area contributed by atoms with Gasteiger partial charge >= 0.3 is 0 Å². The van der Waals surface area contributed by atoms with Gasteiger partial charge < -0.3 is 4.90 Å². The highest BCUT2D eigenvalue weighted by molar-refractivity contribution is 5.78. The van der Waals surface area contributed by atoms with Crippen molar-refractivity contribution in [2.75, 3.05) is 19.6 Å². The number of carbonyl (C=O) groups excluding carboxylic acids is 1. The minimum atomic E-state index is 0.240. The molecule has 0 aliphatic rings. The second-order valence-electron chi connectivity index (χ2n) is 4.45. The van der Waals surface area contributed by atoms with Gasteiger partial charge in [-0.05, 0) is 40.8 Å². The molecule has 0 heterocycles. The van der Waals surface area contributed by atoms with Gasteiger partial charge in [0.25, 0.3) is 0 Å². The Morgan fingerprint density at radius 2 is 1.40 bits per heavy atom. The molecule has 0 saturated heterocycles. The van der Waals surface area contributed by atoms with Crippen LogP contribution in [-0.2, 0) is 4.79 Å². The second-order valence-corrected chi connectivity index (χ2v) is 4.45. The summed E-state index contributed by atoms with van der Waals surface area (Å²) in [6, 6.07) is 0.570. The minimum absolute atomic E-state index is 0.240. The zero-order valence-electron chi connectivity index (χ0n) is 11.1. The molecule has 0 spiro atoms. The van der Waals surface area contributed by atoms with Crippen LogP contribution in [0.4, 0.5) is 0 Å². The van der Waals surface area contributed by atoms with Crippen molar-refractivity contribution in [2.45, 2.75) is 53.6 Å². The standard InChI is InChI=1S/C12H26N2O/c1-7-13(8-2)9-12(15)14(10(3)4)11(5)6/h10-11H,7-9H2,1-6H3. The van der Waals surface area contributed by atoms with Crippen LogP contribution in [0.2, 0.25) is 0 Å². The lowest BCUT2D eigenvalue weighted by atomic mass is 10.2. The van der Waals surface area contributed by atoms with Crippen molar-refractivity contribution in [3.63, 3.8) is 0 Å². The summed E-state index contributed by atoms with van der Waals surface area (Å²) in [6.07, 6.45) is 0. The summed E-state index contributed by atoms with van der Waals surface area (Å²) in [6.45, 7) is 14.9. The normalized spacial score (nSPS) is 11.5. The maximum absolute atomic E-state index is 12.0. The Hall–Kier alpha value is -0.570. The number of nitrogens with zero attached hydrogens (tertiary/aromatic N) is 2. The molecule has 0 aliphatic heterocycles. The van der Waals surface area contributed by atoms with Crippen LogP contribution in [-0.4, -0.2) is 47.4 Å². The predicted molar refractivity (Wildman–Crippen MR) is 64.9 cm³/mol. The Balaban J connectivity index is 4.38. The van der Waals surface area contributed by atoms with E-state index in [1.54, 1.807) is 0 Å². The van der Waals surface area contributed by atoms with Crippen molar-refractivity contribution in [3.05, 3.63) is 0 Å². The van der Waals surface area contributed by atoms with E-state index in [1.165, 1.54) is 0 Å². The van der Waals surface area contributed by atoms with Gasteiger partial charge in [0.2, 0.25) is 5.91 Å². The Bertz CT molecular complexity index is 178. The van der Waals surface area contributed by atoms with Gasteiger partial charge in [0.15, 0.2) is 0 Å². The third-order valence-corrected chi connectivity index (χ3v) is 2.65. The maximum Gasteiger partial charge on any atom is 0.237 e. The molecule has 0 saturated carbocycles. The van der Waals surface area contributed by atoms with Gasteiger partial charge in [-0.2, -0.15) is 0 Å². The lowest BCUT2D eigenvalue weighted by molar-refractivity contribution is -0.135. The van der Waals surface area contributed by atoms with Gasteiger partial charge in [0.1, 0.15) is 0 Å². The molecule has 3 nitrogen and oxygen atoms in total. The van der Waals surface area contributed by atoms with E-state index in [-0.39, 0.29) is 18.0 Å². The van der Waals surface area contributed by atoms with E-state index in [1.807, 2.05) is 4.90 Å². The fourth-order valence-corrected chi connectivity index (χ4v) is 1.89. The zero-order chi connectivity index (χ0) is 12.0. The first-order valence-corrected chi connectivity index (χ1v) is 5.97. The average molecular weight is 214 g/mol. The molecule has 0 aliphatic carbocycles. The highest BCUT2D eigenvalue weighted by atomic mass is 16.2. The van der Waals surface area contributed by atoms with Gasteiger partial charge in [0, 0.05) is 12.1 Å². The first-order chi connectivity index (χ1) is 6.93. The molecule has 0 aromatic carbocycles. The summed E-state index contributed by atoms with van der Waals surface area (Å²) in [5.74, 6) is 0.240. The summed E-state index contributed by atoms with van der Waals surface area (Å²) in [5.41, 5.74) is 0. The van der Waals surface area contributed by atoms with Crippen LogP contribution in [0.1, 0.15) is 41.5 Å². The zero-order valence-corrected chi connectivity index (χ0v) is 11.1. The number of hydrogen-bond donors (Lipinski definition) is 0. The van der Waals surface area contributed by atoms with Gasteiger partial charge in [-0.25, -0.2) is 0 Å². The third-order valence-electron chi connectivity index (χ3n) is 2.65. The van der Waals surface area contributed by atoms with Crippen molar-refractivity contribution >= 4 is 5.91 Å². The fourth-order valence-electron chi connectivity index (χ4n) is 1.89. The van der Waals surface area contributed by atoms with Gasteiger partial charge in [0.05, 0.1) is 6.54 Å². The number of hydrogen-bond acceptors (Lipinski definition) is 2. The van der Waals surface area contributed by atoms with Crippen LogP contribution in [0.3, 0.4) is 0 Å².